The molecule has 0 aliphatic carbocycles. The number of amides is 2. The minimum absolute atomic E-state index is 0.390. The molecule has 0 fully saturated rings. The summed E-state index contributed by atoms with van der Waals surface area (Å²) in [6.07, 6.45) is 0. The molecule has 2 aromatic rings. The number of rotatable bonds is 4. The van der Waals surface area contributed by atoms with Crippen LogP contribution in [0.5, 0.6) is 0 Å². The van der Waals surface area contributed by atoms with Crippen molar-refractivity contribution in [3.05, 3.63) is 69.7 Å². The van der Waals surface area contributed by atoms with Crippen LogP contribution in [0.25, 0.3) is 0 Å². The van der Waals surface area contributed by atoms with Gasteiger partial charge in [0.05, 0.1) is 12.2 Å². The van der Waals surface area contributed by atoms with Gasteiger partial charge in [-0.15, -0.1) is 0 Å². The first-order valence-corrected chi connectivity index (χ1v) is 7.34. The number of carbonyl (C=O) groups is 2. The van der Waals surface area contributed by atoms with Crippen LogP contribution in [0.15, 0.2) is 53.0 Å². The molecular formula is C16H15BrN2O3. The second-order valence-electron chi connectivity index (χ2n) is 4.52. The molecular weight excluding hydrogens is 348 g/mol. The molecule has 0 atom stereocenters. The highest BCUT2D eigenvalue weighted by atomic mass is 79.9. The zero-order chi connectivity index (χ0) is 15.9. The molecule has 114 valence electrons. The maximum Gasteiger partial charge on any atom is 0.270 e. The maximum absolute atomic E-state index is 12.0. The Morgan fingerprint density at radius 1 is 1.05 bits per heavy atom. The Morgan fingerprint density at radius 2 is 1.77 bits per heavy atom. The Balaban J connectivity index is 1.99. The molecule has 0 saturated heterocycles. The molecule has 2 amide bonds. The predicted molar refractivity (Wildman–Crippen MR) is 86.2 cm³/mol. The van der Waals surface area contributed by atoms with Gasteiger partial charge < -0.3 is 4.74 Å². The lowest BCUT2D eigenvalue weighted by atomic mass is 10.1. The van der Waals surface area contributed by atoms with Gasteiger partial charge in [-0.3, -0.25) is 20.4 Å². The summed E-state index contributed by atoms with van der Waals surface area (Å²) in [5.74, 6) is -0.785. The zero-order valence-corrected chi connectivity index (χ0v) is 13.5. The maximum atomic E-state index is 12.0. The smallest absolute Gasteiger partial charge is 0.270 e. The van der Waals surface area contributed by atoms with Crippen molar-refractivity contribution in [3.63, 3.8) is 0 Å². The summed E-state index contributed by atoms with van der Waals surface area (Å²) in [7, 11) is 1.59. The fourth-order valence-corrected chi connectivity index (χ4v) is 2.33. The molecule has 0 heterocycles. The topological polar surface area (TPSA) is 67.4 Å². The monoisotopic (exact) mass is 362 g/mol. The van der Waals surface area contributed by atoms with E-state index in [1.807, 2.05) is 6.07 Å². The zero-order valence-electron chi connectivity index (χ0n) is 11.9. The van der Waals surface area contributed by atoms with Crippen LogP contribution in [0.1, 0.15) is 26.3 Å². The summed E-state index contributed by atoms with van der Waals surface area (Å²) in [6, 6.07) is 14.0. The number of ether oxygens (including phenoxy) is 1. The van der Waals surface area contributed by atoms with Crippen LogP contribution in [0.3, 0.4) is 0 Å². The summed E-state index contributed by atoms with van der Waals surface area (Å²) < 4.78 is 5.68. The lowest BCUT2D eigenvalue weighted by Crippen LogP contribution is -2.41. The molecule has 0 aliphatic rings. The van der Waals surface area contributed by atoms with Crippen LogP contribution in [-0.4, -0.2) is 18.9 Å². The minimum Gasteiger partial charge on any atom is -0.380 e. The van der Waals surface area contributed by atoms with Gasteiger partial charge in [-0.2, -0.15) is 0 Å². The lowest BCUT2D eigenvalue weighted by molar-refractivity contribution is 0.0846. The van der Waals surface area contributed by atoms with Gasteiger partial charge in [0.25, 0.3) is 11.8 Å². The van der Waals surface area contributed by atoms with Crippen LogP contribution < -0.4 is 10.9 Å². The van der Waals surface area contributed by atoms with Crippen LogP contribution in [-0.2, 0) is 11.3 Å². The normalized spacial score (nSPS) is 10.1. The summed E-state index contributed by atoms with van der Waals surface area (Å²) >= 11 is 3.29. The number of benzene rings is 2. The van der Waals surface area contributed by atoms with E-state index in [-0.39, 0.29) is 0 Å². The van der Waals surface area contributed by atoms with Gasteiger partial charge in [0.2, 0.25) is 0 Å². The molecule has 22 heavy (non-hydrogen) atoms. The second kappa shape index (κ2) is 7.72. The van der Waals surface area contributed by atoms with Crippen molar-refractivity contribution >= 4 is 27.7 Å². The number of hydrazine groups is 1. The number of carbonyl (C=O) groups excluding carboxylic acids is 2. The standard InChI is InChI=1S/C16H15BrN2O3/c1-22-10-11-5-4-6-12(9-11)15(20)18-19-16(21)13-7-2-3-8-14(13)17/h2-9H,10H2,1H3,(H,18,20)(H,19,21). The van der Waals surface area contributed by atoms with E-state index in [0.717, 1.165) is 5.56 Å². The molecule has 5 nitrogen and oxygen atoms in total. The van der Waals surface area contributed by atoms with E-state index in [9.17, 15) is 9.59 Å². The quantitative estimate of drug-likeness (QED) is 0.821. The highest BCUT2D eigenvalue weighted by Crippen LogP contribution is 2.15. The first-order valence-electron chi connectivity index (χ1n) is 6.55. The molecule has 2 N–H and O–H groups in total. The first kappa shape index (κ1) is 16.2. The Morgan fingerprint density at radius 3 is 2.50 bits per heavy atom. The third-order valence-electron chi connectivity index (χ3n) is 2.91. The molecule has 0 radical (unpaired) electrons. The molecule has 2 aromatic carbocycles. The number of nitrogens with one attached hydrogen (secondary N) is 2. The van der Waals surface area contributed by atoms with Gasteiger partial charge in [0.15, 0.2) is 0 Å². The van der Waals surface area contributed by atoms with Crippen molar-refractivity contribution in [1.29, 1.82) is 0 Å². The van der Waals surface area contributed by atoms with Crippen molar-refractivity contribution in [3.8, 4) is 0 Å². The molecule has 6 heteroatoms. The summed E-state index contributed by atoms with van der Waals surface area (Å²) in [4.78, 5) is 24.0. The average Bonchev–Trinajstić information content (AvgIpc) is 2.53. The highest BCUT2D eigenvalue weighted by Gasteiger charge is 2.11. The van der Waals surface area contributed by atoms with E-state index in [2.05, 4.69) is 26.8 Å². The van der Waals surface area contributed by atoms with Crippen molar-refractivity contribution in [2.24, 2.45) is 0 Å². The Labute approximate surface area is 136 Å². The Kier molecular flexibility index (Phi) is 5.68. The predicted octanol–water partition coefficient (Wildman–Crippen LogP) is 2.67. The third-order valence-corrected chi connectivity index (χ3v) is 3.60. The van der Waals surface area contributed by atoms with Gasteiger partial charge in [0, 0.05) is 17.1 Å². The van der Waals surface area contributed by atoms with Gasteiger partial charge in [-0.25, -0.2) is 0 Å². The molecule has 2 rings (SSSR count). The summed E-state index contributed by atoms with van der Waals surface area (Å²) in [5.41, 5.74) is 6.55. The van der Waals surface area contributed by atoms with Gasteiger partial charge in [-0.05, 0) is 45.8 Å². The summed E-state index contributed by atoms with van der Waals surface area (Å²) in [5, 5.41) is 0. The van der Waals surface area contributed by atoms with Crippen molar-refractivity contribution in [2.45, 2.75) is 6.61 Å². The van der Waals surface area contributed by atoms with Crippen molar-refractivity contribution in [1.82, 2.24) is 10.9 Å². The van der Waals surface area contributed by atoms with E-state index in [4.69, 9.17) is 4.74 Å². The molecule has 0 aliphatic heterocycles. The van der Waals surface area contributed by atoms with E-state index in [0.29, 0.717) is 22.2 Å². The molecule has 0 bridgehead atoms. The highest BCUT2D eigenvalue weighted by molar-refractivity contribution is 9.10. The van der Waals surface area contributed by atoms with Crippen LogP contribution in [0, 0.1) is 0 Å². The number of halogens is 1. The fourth-order valence-electron chi connectivity index (χ4n) is 1.87. The summed E-state index contributed by atoms with van der Waals surface area (Å²) in [6.45, 7) is 0.421. The van der Waals surface area contributed by atoms with Gasteiger partial charge in [0.1, 0.15) is 0 Å². The van der Waals surface area contributed by atoms with Gasteiger partial charge in [-0.1, -0.05) is 24.3 Å². The third kappa shape index (κ3) is 4.16. The van der Waals surface area contributed by atoms with Crippen molar-refractivity contribution < 1.29 is 14.3 Å². The average molecular weight is 363 g/mol. The number of methoxy groups -OCH3 is 1. The second-order valence-corrected chi connectivity index (χ2v) is 5.38. The van der Waals surface area contributed by atoms with Crippen LogP contribution in [0.4, 0.5) is 0 Å². The molecule has 0 saturated carbocycles. The largest absolute Gasteiger partial charge is 0.380 e. The Bertz CT molecular complexity index is 689. The van der Waals surface area contributed by atoms with Crippen LogP contribution >= 0.6 is 15.9 Å². The van der Waals surface area contributed by atoms with E-state index < -0.39 is 11.8 Å². The SMILES string of the molecule is COCc1cccc(C(=O)NNC(=O)c2ccccc2Br)c1. The van der Waals surface area contributed by atoms with Gasteiger partial charge >= 0.3 is 0 Å². The van der Waals surface area contributed by atoms with E-state index >= 15 is 0 Å². The van der Waals surface area contributed by atoms with E-state index in [1.54, 1.807) is 49.6 Å². The molecule has 0 aromatic heterocycles. The number of hydrogen-bond acceptors (Lipinski definition) is 3. The molecule has 0 spiro atoms. The first-order chi connectivity index (χ1) is 10.6. The van der Waals surface area contributed by atoms with Crippen LogP contribution in [0.2, 0.25) is 0 Å². The Hall–Kier alpha value is -2.18. The fraction of sp³-hybridized carbons (Fsp3) is 0.125. The van der Waals surface area contributed by atoms with Crippen molar-refractivity contribution in [2.75, 3.05) is 7.11 Å². The number of hydrogen-bond donors (Lipinski definition) is 2. The minimum atomic E-state index is -0.395. The lowest BCUT2D eigenvalue weighted by Gasteiger charge is -2.09. The molecule has 0 unspecified atom stereocenters. The van der Waals surface area contributed by atoms with E-state index in [1.165, 1.54) is 0 Å².